The van der Waals surface area contributed by atoms with Gasteiger partial charge in [-0.05, 0) is 25.0 Å². The highest BCUT2D eigenvalue weighted by Gasteiger charge is 2.42. The van der Waals surface area contributed by atoms with Crippen molar-refractivity contribution in [3.63, 3.8) is 0 Å². The number of rotatable bonds is 8. The summed E-state index contributed by atoms with van der Waals surface area (Å²) in [5, 5.41) is 2.89. The topological polar surface area (TPSA) is 67.9 Å². The minimum absolute atomic E-state index is 0.0406. The van der Waals surface area contributed by atoms with Gasteiger partial charge in [-0.25, -0.2) is 0 Å². The van der Waals surface area contributed by atoms with Crippen LogP contribution in [-0.4, -0.2) is 48.6 Å². The number of ether oxygens (including phenoxy) is 2. The zero-order chi connectivity index (χ0) is 20.6. The highest BCUT2D eigenvalue weighted by Crippen LogP contribution is 2.32. The van der Waals surface area contributed by atoms with E-state index in [0.29, 0.717) is 19.8 Å². The summed E-state index contributed by atoms with van der Waals surface area (Å²) in [5.41, 5.74) is 1.97. The molecule has 0 bridgehead atoms. The monoisotopic (exact) mass is 396 g/mol. The van der Waals surface area contributed by atoms with Crippen LogP contribution in [0.5, 0.6) is 0 Å². The number of carbonyl (C=O) groups excluding carboxylic acids is 2. The Bertz CT molecular complexity index is 795. The fourth-order valence-electron chi connectivity index (χ4n) is 3.55. The van der Waals surface area contributed by atoms with Crippen molar-refractivity contribution in [2.24, 2.45) is 0 Å². The van der Waals surface area contributed by atoms with E-state index < -0.39 is 12.1 Å². The van der Waals surface area contributed by atoms with Crippen molar-refractivity contribution in [1.82, 2.24) is 10.2 Å². The van der Waals surface area contributed by atoms with Gasteiger partial charge >= 0.3 is 0 Å². The van der Waals surface area contributed by atoms with Gasteiger partial charge in [0.1, 0.15) is 6.61 Å². The number of amides is 2. The lowest BCUT2D eigenvalue weighted by Crippen LogP contribution is -2.56. The molecule has 1 heterocycles. The van der Waals surface area contributed by atoms with Crippen LogP contribution in [-0.2, 0) is 25.7 Å². The number of morpholine rings is 1. The predicted octanol–water partition coefficient (Wildman–Crippen LogP) is 2.70. The van der Waals surface area contributed by atoms with Gasteiger partial charge in [0.15, 0.2) is 6.10 Å². The second kappa shape index (κ2) is 10.2. The molecule has 0 saturated carbocycles. The minimum atomic E-state index is -0.758. The summed E-state index contributed by atoms with van der Waals surface area (Å²) in [6.07, 6.45) is -0.758. The molecule has 1 aliphatic heterocycles. The molecule has 1 saturated heterocycles. The molecular weight excluding hydrogens is 368 g/mol. The third-order valence-electron chi connectivity index (χ3n) is 4.87. The summed E-state index contributed by atoms with van der Waals surface area (Å²) < 4.78 is 11.3. The molecule has 0 unspecified atom stereocenters. The molecule has 6 nitrogen and oxygen atoms in total. The molecule has 3 rings (SSSR count). The zero-order valence-electron chi connectivity index (χ0n) is 16.9. The fraction of sp³-hybridized carbons (Fsp3) is 0.391. The van der Waals surface area contributed by atoms with Crippen LogP contribution in [0, 0.1) is 0 Å². The third kappa shape index (κ3) is 5.43. The van der Waals surface area contributed by atoms with Crippen LogP contribution in [0.1, 0.15) is 31.0 Å². The van der Waals surface area contributed by atoms with Crippen LogP contribution in [0.4, 0.5) is 0 Å². The summed E-state index contributed by atoms with van der Waals surface area (Å²) in [4.78, 5) is 27.1. The number of benzene rings is 2. The smallest absolute Gasteiger partial charge is 0.251 e. The van der Waals surface area contributed by atoms with Gasteiger partial charge in [-0.2, -0.15) is 0 Å². The minimum Gasteiger partial charge on any atom is -0.375 e. The molecule has 2 aromatic rings. The average molecular weight is 396 g/mol. The fourth-order valence-corrected chi connectivity index (χ4v) is 3.55. The lowest BCUT2D eigenvalue weighted by atomic mass is 9.96. The maximum absolute atomic E-state index is 12.9. The Balaban J connectivity index is 1.60. The molecule has 2 amide bonds. The Morgan fingerprint density at radius 3 is 2.45 bits per heavy atom. The molecule has 154 valence electrons. The molecule has 2 aromatic carbocycles. The second-order valence-corrected chi connectivity index (χ2v) is 7.31. The summed E-state index contributed by atoms with van der Waals surface area (Å²) in [7, 11) is 0. The normalized spacial score (nSPS) is 19.4. The van der Waals surface area contributed by atoms with Crippen LogP contribution in [0.25, 0.3) is 0 Å². The second-order valence-electron chi connectivity index (χ2n) is 7.31. The van der Waals surface area contributed by atoms with E-state index in [1.54, 1.807) is 4.90 Å². The molecule has 0 aromatic heterocycles. The Kier molecular flexibility index (Phi) is 7.38. The van der Waals surface area contributed by atoms with Gasteiger partial charge in [0.05, 0.1) is 19.3 Å². The van der Waals surface area contributed by atoms with Crippen molar-refractivity contribution in [2.45, 2.75) is 38.6 Å². The molecule has 1 fully saturated rings. The van der Waals surface area contributed by atoms with E-state index in [0.717, 1.165) is 11.1 Å². The number of nitrogens with zero attached hydrogens (tertiary/aromatic N) is 1. The van der Waals surface area contributed by atoms with Crippen LogP contribution in [0.3, 0.4) is 0 Å². The third-order valence-corrected chi connectivity index (χ3v) is 4.87. The Labute approximate surface area is 171 Å². The van der Waals surface area contributed by atoms with Crippen molar-refractivity contribution < 1.29 is 19.1 Å². The first-order valence-corrected chi connectivity index (χ1v) is 9.95. The molecule has 0 radical (unpaired) electrons. The predicted molar refractivity (Wildman–Crippen MR) is 110 cm³/mol. The average Bonchev–Trinajstić information content (AvgIpc) is 2.74. The van der Waals surface area contributed by atoms with Crippen LogP contribution in [0.15, 0.2) is 60.7 Å². The highest BCUT2D eigenvalue weighted by molar-refractivity contribution is 5.86. The van der Waals surface area contributed by atoms with E-state index in [4.69, 9.17) is 9.47 Å². The highest BCUT2D eigenvalue weighted by atomic mass is 16.5. The molecule has 6 heteroatoms. The van der Waals surface area contributed by atoms with Gasteiger partial charge in [-0.15, -0.1) is 0 Å². The van der Waals surface area contributed by atoms with Gasteiger partial charge < -0.3 is 19.7 Å². The lowest BCUT2D eigenvalue weighted by molar-refractivity contribution is -0.167. The van der Waals surface area contributed by atoms with E-state index >= 15 is 0 Å². The zero-order valence-corrected chi connectivity index (χ0v) is 16.9. The summed E-state index contributed by atoms with van der Waals surface area (Å²) in [6, 6.07) is 18.9. The van der Waals surface area contributed by atoms with Crippen molar-refractivity contribution in [1.29, 1.82) is 0 Å². The van der Waals surface area contributed by atoms with Crippen molar-refractivity contribution in [3.05, 3.63) is 71.8 Å². The van der Waals surface area contributed by atoms with Gasteiger partial charge in [0, 0.05) is 12.6 Å². The Morgan fingerprint density at radius 2 is 1.79 bits per heavy atom. The quantitative estimate of drug-likeness (QED) is 0.697. The summed E-state index contributed by atoms with van der Waals surface area (Å²) in [6.45, 7) is 5.08. The Hall–Kier alpha value is -2.70. The van der Waals surface area contributed by atoms with Crippen molar-refractivity contribution >= 4 is 11.8 Å². The molecule has 2 atom stereocenters. The van der Waals surface area contributed by atoms with E-state index in [1.807, 2.05) is 74.5 Å². The van der Waals surface area contributed by atoms with E-state index in [-0.39, 0.29) is 24.5 Å². The van der Waals surface area contributed by atoms with Crippen molar-refractivity contribution in [2.75, 3.05) is 19.8 Å². The Morgan fingerprint density at radius 1 is 1.14 bits per heavy atom. The first-order valence-electron chi connectivity index (χ1n) is 9.95. The van der Waals surface area contributed by atoms with Crippen LogP contribution in [0.2, 0.25) is 0 Å². The van der Waals surface area contributed by atoms with Gasteiger partial charge in [-0.1, -0.05) is 60.7 Å². The maximum Gasteiger partial charge on any atom is 0.251 e. The molecular formula is C23H28N2O4. The summed E-state index contributed by atoms with van der Waals surface area (Å²) in [5.74, 6) is -0.343. The maximum atomic E-state index is 12.9. The molecule has 1 aliphatic rings. The number of carbonyl (C=O) groups is 2. The van der Waals surface area contributed by atoms with Crippen molar-refractivity contribution in [3.8, 4) is 0 Å². The van der Waals surface area contributed by atoms with Crippen LogP contribution >= 0.6 is 0 Å². The molecule has 0 spiro atoms. The van der Waals surface area contributed by atoms with E-state index in [2.05, 4.69) is 5.32 Å². The summed E-state index contributed by atoms with van der Waals surface area (Å²) >= 11 is 0. The largest absolute Gasteiger partial charge is 0.375 e. The van der Waals surface area contributed by atoms with E-state index in [9.17, 15) is 9.59 Å². The number of hydrogen-bond donors (Lipinski definition) is 1. The van der Waals surface area contributed by atoms with Gasteiger partial charge in [0.2, 0.25) is 5.91 Å². The van der Waals surface area contributed by atoms with E-state index in [1.165, 1.54) is 0 Å². The lowest BCUT2D eigenvalue weighted by Gasteiger charge is -2.42. The van der Waals surface area contributed by atoms with Gasteiger partial charge in [-0.3, -0.25) is 9.59 Å². The first kappa shape index (κ1) is 21.0. The molecule has 29 heavy (non-hydrogen) atoms. The number of hydrogen-bond acceptors (Lipinski definition) is 4. The SMILES string of the molecule is CC(C)N1C(=O)CO[C@H](C(=O)NCCOCc2ccccc2)[C@H]1c1ccccc1. The van der Waals surface area contributed by atoms with Crippen LogP contribution < -0.4 is 5.32 Å². The van der Waals surface area contributed by atoms with Gasteiger partial charge in [0.25, 0.3) is 5.91 Å². The standard InChI is InChI=1S/C23H28N2O4/c1-17(2)25-20(26)16-29-22(21(25)19-11-7-4-8-12-19)23(27)24-13-14-28-15-18-9-5-3-6-10-18/h3-12,17,21-22H,13-16H2,1-2H3,(H,24,27)/t21-,22+/m1/s1. The molecule has 1 N–H and O–H groups in total. The first-order chi connectivity index (χ1) is 14.1. The number of nitrogens with one attached hydrogen (secondary N) is 1. The molecule has 0 aliphatic carbocycles.